The SMILES string of the molecule is O=C1C2C(c3ccc(Cl)cc3)N3C(=O)N(c4cccc(Br)c4)C(=O)[C@@]3(Cc3ccc(Cl)cc3)C2C(=O)N1C1CCCCC1. The van der Waals surface area contributed by atoms with Crippen LogP contribution in [0.4, 0.5) is 10.5 Å². The number of carbonyl (C=O) groups excluding carboxylic acids is 4. The van der Waals surface area contributed by atoms with Crippen LogP contribution in [0.3, 0.4) is 0 Å². The van der Waals surface area contributed by atoms with Crippen molar-refractivity contribution in [2.24, 2.45) is 11.8 Å². The van der Waals surface area contributed by atoms with Crippen molar-refractivity contribution in [3.8, 4) is 0 Å². The van der Waals surface area contributed by atoms with Crippen LogP contribution in [0.15, 0.2) is 77.3 Å². The number of benzene rings is 3. The first kappa shape index (κ1) is 28.6. The van der Waals surface area contributed by atoms with E-state index in [9.17, 15) is 19.2 Å². The highest BCUT2D eigenvalue weighted by Gasteiger charge is 2.77. The number of anilines is 1. The minimum Gasteiger partial charge on any atom is -0.300 e. The van der Waals surface area contributed by atoms with Gasteiger partial charge in [0.1, 0.15) is 5.54 Å². The van der Waals surface area contributed by atoms with E-state index in [0.29, 0.717) is 25.8 Å². The molecule has 4 atom stereocenters. The van der Waals surface area contributed by atoms with Gasteiger partial charge in [-0.25, -0.2) is 9.69 Å². The Balaban J connectivity index is 1.45. The molecule has 0 N–H and O–H groups in total. The van der Waals surface area contributed by atoms with Gasteiger partial charge < -0.3 is 4.90 Å². The van der Waals surface area contributed by atoms with E-state index in [2.05, 4.69) is 15.9 Å². The summed E-state index contributed by atoms with van der Waals surface area (Å²) in [7, 11) is 0. The molecule has 0 aromatic heterocycles. The number of hydrogen-bond acceptors (Lipinski definition) is 4. The van der Waals surface area contributed by atoms with Crippen LogP contribution in [0.25, 0.3) is 0 Å². The standard InChI is InChI=1S/C33H28BrCl2N3O4/c34-21-5-4-8-25(17-21)38-31(42)33(18-19-9-13-22(35)14-10-19)27-26(29(40)37(30(27)41)24-6-2-1-3-7-24)28(39(33)32(38)43)20-11-15-23(36)16-12-20/h4-5,8-17,24,26-28H,1-3,6-7,18H2/t26?,27?,28?,33-/m1/s1. The van der Waals surface area contributed by atoms with E-state index in [1.807, 2.05) is 6.07 Å². The molecule has 1 aliphatic carbocycles. The highest BCUT2D eigenvalue weighted by molar-refractivity contribution is 9.10. The fourth-order valence-electron chi connectivity index (χ4n) is 7.75. The van der Waals surface area contributed by atoms with E-state index in [1.54, 1.807) is 66.7 Å². The summed E-state index contributed by atoms with van der Waals surface area (Å²) in [4.78, 5) is 62.7. The van der Waals surface area contributed by atoms with Crippen LogP contribution in [-0.2, 0) is 20.8 Å². The van der Waals surface area contributed by atoms with Crippen molar-refractivity contribution in [2.45, 2.75) is 56.1 Å². The molecule has 1 saturated carbocycles. The maximum atomic E-state index is 14.9. The van der Waals surface area contributed by atoms with E-state index >= 15 is 0 Å². The Hall–Kier alpha value is -3.20. The zero-order chi connectivity index (χ0) is 30.0. The average molecular weight is 681 g/mol. The van der Waals surface area contributed by atoms with Crippen LogP contribution in [0.5, 0.6) is 0 Å². The molecule has 3 saturated heterocycles. The molecular weight excluding hydrogens is 653 g/mol. The molecule has 3 aromatic rings. The quantitative estimate of drug-likeness (QED) is 0.211. The van der Waals surface area contributed by atoms with Gasteiger partial charge in [-0.1, -0.05) is 88.7 Å². The largest absolute Gasteiger partial charge is 0.332 e. The van der Waals surface area contributed by atoms with Crippen molar-refractivity contribution in [2.75, 3.05) is 4.90 Å². The van der Waals surface area contributed by atoms with Crippen LogP contribution in [0.1, 0.15) is 49.3 Å². The maximum Gasteiger partial charge on any atom is 0.332 e. The summed E-state index contributed by atoms with van der Waals surface area (Å²) in [5.41, 5.74) is 0.152. The first-order valence-corrected chi connectivity index (χ1v) is 16.1. The molecule has 3 aliphatic heterocycles. The Bertz CT molecular complexity index is 1640. The lowest BCUT2D eigenvalue weighted by Crippen LogP contribution is -2.56. The molecule has 0 bridgehead atoms. The minimum atomic E-state index is -1.63. The molecule has 3 heterocycles. The summed E-state index contributed by atoms with van der Waals surface area (Å²) in [5, 5.41) is 1.03. The number of likely N-dealkylation sites (tertiary alicyclic amines) is 1. The van der Waals surface area contributed by atoms with E-state index < -0.39 is 35.4 Å². The van der Waals surface area contributed by atoms with Crippen molar-refractivity contribution >= 4 is 68.6 Å². The first-order chi connectivity index (χ1) is 20.7. The molecule has 220 valence electrons. The fraction of sp³-hybridized carbons (Fsp3) is 0.333. The summed E-state index contributed by atoms with van der Waals surface area (Å²) in [5.74, 6) is -3.13. The van der Waals surface area contributed by atoms with Crippen LogP contribution >= 0.6 is 39.1 Å². The number of rotatable bonds is 5. The van der Waals surface area contributed by atoms with Gasteiger partial charge in [-0.3, -0.25) is 19.3 Å². The number of hydrogen-bond donors (Lipinski definition) is 0. The molecular formula is C33H28BrCl2N3O4. The Morgan fingerprint density at radius 3 is 2.12 bits per heavy atom. The molecule has 7 rings (SSSR count). The van der Waals surface area contributed by atoms with Gasteiger partial charge in [0.25, 0.3) is 5.91 Å². The lowest BCUT2D eigenvalue weighted by Gasteiger charge is -2.37. The Morgan fingerprint density at radius 2 is 1.47 bits per heavy atom. The number of halogens is 3. The number of fused-ring (bicyclic) bond motifs is 3. The topological polar surface area (TPSA) is 78.0 Å². The number of nitrogens with zero attached hydrogens (tertiary/aromatic N) is 3. The molecule has 0 spiro atoms. The zero-order valence-electron chi connectivity index (χ0n) is 23.1. The third-order valence-corrected chi connectivity index (χ3v) is 10.5. The lowest BCUT2D eigenvalue weighted by atomic mass is 9.75. The second-order valence-corrected chi connectivity index (χ2v) is 13.6. The second kappa shape index (κ2) is 10.8. The molecule has 3 aromatic carbocycles. The molecule has 4 fully saturated rings. The molecule has 7 nitrogen and oxygen atoms in total. The first-order valence-electron chi connectivity index (χ1n) is 14.5. The third-order valence-electron chi connectivity index (χ3n) is 9.52. The van der Waals surface area contributed by atoms with Crippen LogP contribution in [-0.4, -0.2) is 45.1 Å². The van der Waals surface area contributed by atoms with Gasteiger partial charge >= 0.3 is 6.03 Å². The zero-order valence-corrected chi connectivity index (χ0v) is 26.2. The van der Waals surface area contributed by atoms with E-state index in [0.717, 1.165) is 37.7 Å². The molecule has 0 radical (unpaired) electrons. The Morgan fingerprint density at radius 1 is 0.814 bits per heavy atom. The van der Waals surface area contributed by atoms with Gasteiger partial charge in [0.15, 0.2) is 0 Å². The van der Waals surface area contributed by atoms with Crippen molar-refractivity contribution < 1.29 is 19.2 Å². The lowest BCUT2D eigenvalue weighted by molar-refractivity contribution is -0.147. The van der Waals surface area contributed by atoms with Crippen molar-refractivity contribution in [1.82, 2.24) is 9.80 Å². The normalized spacial score (nSPS) is 27.3. The molecule has 3 unspecified atom stereocenters. The van der Waals surface area contributed by atoms with Gasteiger partial charge in [0.2, 0.25) is 11.8 Å². The van der Waals surface area contributed by atoms with Crippen LogP contribution < -0.4 is 4.90 Å². The van der Waals surface area contributed by atoms with Gasteiger partial charge in [-0.2, -0.15) is 0 Å². The van der Waals surface area contributed by atoms with Crippen molar-refractivity contribution in [1.29, 1.82) is 0 Å². The second-order valence-electron chi connectivity index (χ2n) is 11.8. The van der Waals surface area contributed by atoms with Gasteiger partial charge in [0, 0.05) is 27.0 Å². The highest BCUT2D eigenvalue weighted by Crippen LogP contribution is 2.60. The van der Waals surface area contributed by atoms with E-state index in [1.165, 1.54) is 14.7 Å². The predicted octanol–water partition coefficient (Wildman–Crippen LogP) is 7.19. The predicted molar refractivity (Wildman–Crippen MR) is 167 cm³/mol. The Labute approximate surface area is 267 Å². The van der Waals surface area contributed by atoms with E-state index in [4.69, 9.17) is 23.2 Å². The van der Waals surface area contributed by atoms with Gasteiger partial charge in [-0.05, 0) is 66.4 Å². The minimum absolute atomic E-state index is 0.0576. The summed E-state index contributed by atoms with van der Waals surface area (Å²) >= 11 is 15.9. The van der Waals surface area contributed by atoms with Crippen LogP contribution in [0.2, 0.25) is 10.0 Å². The smallest absolute Gasteiger partial charge is 0.300 e. The molecule has 4 aliphatic rings. The van der Waals surface area contributed by atoms with Gasteiger partial charge in [-0.15, -0.1) is 0 Å². The molecule has 10 heteroatoms. The van der Waals surface area contributed by atoms with Crippen LogP contribution in [0, 0.1) is 11.8 Å². The van der Waals surface area contributed by atoms with E-state index in [-0.39, 0.29) is 24.3 Å². The number of urea groups is 1. The maximum absolute atomic E-state index is 14.9. The summed E-state index contributed by atoms with van der Waals surface area (Å²) in [6, 6.07) is 19.4. The Kier molecular flexibility index (Phi) is 7.14. The number of imide groups is 2. The highest BCUT2D eigenvalue weighted by atomic mass is 79.9. The third kappa shape index (κ3) is 4.36. The summed E-state index contributed by atoms with van der Waals surface area (Å²) < 4.78 is 0.701. The monoisotopic (exact) mass is 679 g/mol. The number of amides is 5. The van der Waals surface area contributed by atoms with Gasteiger partial charge in [0.05, 0.1) is 23.6 Å². The molecule has 5 amide bonds. The van der Waals surface area contributed by atoms with Crippen molar-refractivity contribution in [3.05, 3.63) is 98.4 Å². The average Bonchev–Trinajstić information content (AvgIpc) is 3.52. The fourth-order valence-corrected chi connectivity index (χ4v) is 8.39. The summed E-state index contributed by atoms with van der Waals surface area (Å²) in [6.07, 6.45) is 4.49. The molecule has 43 heavy (non-hydrogen) atoms. The summed E-state index contributed by atoms with van der Waals surface area (Å²) in [6.45, 7) is 0. The van der Waals surface area contributed by atoms with Crippen molar-refractivity contribution in [3.63, 3.8) is 0 Å². The number of carbonyl (C=O) groups is 4.